The highest BCUT2D eigenvalue weighted by Gasteiger charge is 2.32. The van der Waals surface area contributed by atoms with Crippen LogP contribution in [0.5, 0.6) is 0 Å². The number of esters is 1. The molecule has 102 valence electrons. The Morgan fingerprint density at radius 2 is 2.26 bits per heavy atom. The predicted molar refractivity (Wildman–Crippen MR) is 65.4 cm³/mol. The number of benzene rings is 1. The molecule has 0 aliphatic carbocycles. The Hall–Kier alpha value is -2.18. The summed E-state index contributed by atoms with van der Waals surface area (Å²) in [6.07, 6.45) is 1.35. The fraction of sp³-hybridized carbons (Fsp3) is 0.417. The largest absolute Gasteiger partial charge is 0.467 e. The first kappa shape index (κ1) is 13.3. The van der Waals surface area contributed by atoms with Crippen LogP contribution in [0, 0.1) is 15.9 Å². The molecule has 0 spiro atoms. The first-order chi connectivity index (χ1) is 9.02. The van der Waals surface area contributed by atoms with Crippen molar-refractivity contribution in [2.24, 2.45) is 0 Å². The van der Waals surface area contributed by atoms with Gasteiger partial charge in [-0.3, -0.25) is 10.1 Å². The summed E-state index contributed by atoms with van der Waals surface area (Å²) in [5.41, 5.74) is 0.00474. The first-order valence-electron chi connectivity index (χ1n) is 5.82. The molecule has 0 aromatic heterocycles. The lowest BCUT2D eigenvalue weighted by molar-refractivity contribution is -0.385. The number of carbonyl (C=O) groups excluding carboxylic acids is 1. The van der Waals surface area contributed by atoms with Gasteiger partial charge in [0.05, 0.1) is 18.1 Å². The smallest absolute Gasteiger partial charge is 0.328 e. The third kappa shape index (κ3) is 2.64. The van der Waals surface area contributed by atoms with Crippen molar-refractivity contribution in [3.63, 3.8) is 0 Å². The summed E-state index contributed by atoms with van der Waals surface area (Å²) >= 11 is 0. The Morgan fingerprint density at radius 3 is 2.89 bits per heavy atom. The first-order valence-corrected chi connectivity index (χ1v) is 5.82. The molecule has 1 fully saturated rings. The fourth-order valence-corrected chi connectivity index (χ4v) is 2.29. The van der Waals surface area contributed by atoms with Gasteiger partial charge < -0.3 is 9.64 Å². The summed E-state index contributed by atoms with van der Waals surface area (Å²) in [6.45, 7) is 0.542. The minimum absolute atomic E-state index is 0.328. The van der Waals surface area contributed by atoms with Crippen LogP contribution >= 0.6 is 0 Å². The average Bonchev–Trinajstić information content (AvgIpc) is 2.86. The van der Waals surface area contributed by atoms with Crippen LogP contribution in [0.25, 0.3) is 0 Å². The van der Waals surface area contributed by atoms with Crippen molar-refractivity contribution >= 4 is 17.3 Å². The average molecular weight is 268 g/mol. The highest BCUT2D eigenvalue weighted by molar-refractivity contribution is 5.81. The zero-order valence-corrected chi connectivity index (χ0v) is 10.3. The Bertz CT molecular complexity index is 520. The number of nitro benzene ring substituents is 1. The Balaban J connectivity index is 2.35. The number of hydrogen-bond donors (Lipinski definition) is 0. The van der Waals surface area contributed by atoms with Gasteiger partial charge in [0.25, 0.3) is 5.69 Å². The van der Waals surface area contributed by atoms with Gasteiger partial charge in [-0.1, -0.05) is 0 Å². The molecule has 1 aromatic carbocycles. The number of rotatable bonds is 3. The molecule has 0 N–H and O–H groups in total. The van der Waals surface area contributed by atoms with E-state index in [1.165, 1.54) is 19.2 Å². The second-order valence-electron chi connectivity index (χ2n) is 4.30. The summed E-state index contributed by atoms with van der Waals surface area (Å²) in [4.78, 5) is 23.3. The number of nitrogens with zero attached hydrogens (tertiary/aromatic N) is 2. The molecular weight excluding hydrogens is 255 g/mol. The molecule has 1 atom stereocenters. The molecule has 0 bridgehead atoms. The zero-order chi connectivity index (χ0) is 14.0. The molecule has 0 radical (unpaired) electrons. The lowest BCUT2D eigenvalue weighted by Crippen LogP contribution is -2.36. The van der Waals surface area contributed by atoms with Crippen LogP contribution in [0.15, 0.2) is 18.2 Å². The molecule has 7 heteroatoms. The van der Waals surface area contributed by atoms with Crippen molar-refractivity contribution in [1.82, 2.24) is 0 Å². The Morgan fingerprint density at radius 1 is 1.53 bits per heavy atom. The maximum atomic E-state index is 13.4. The van der Waals surface area contributed by atoms with Crippen LogP contribution in [0.3, 0.4) is 0 Å². The number of halogens is 1. The van der Waals surface area contributed by atoms with Crippen LogP contribution in [0.1, 0.15) is 12.8 Å². The molecule has 2 rings (SSSR count). The van der Waals surface area contributed by atoms with E-state index in [9.17, 15) is 19.3 Å². The van der Waals surface area contributed by atoms with Crippen molar-refractivity contribution in [2.75, 3.05) is 18.6 Å². The number of nitro groups is 1. The van der Waals surface area contributed by atoms with Crippen molar-refractivity contribution in [3.8, 4) is 0 Å². The van der Waals surface area contributed by atoms with Crippen LogP contribution in [0.4, 0.5) is 15.8 Å². The normalized spacial score (nSPS) is 18.4. The monoisotopic (exact) mass is 268 g/mol. The van der Waals surface area contributed by atoms with Gasteiger partial charge in [-0.25, -0.2) is 9.18 Å². The van der Waals surface area contributed by atoms with Gasteiger partial charge in [0.1, 0.15) is 11.9 Å². The van der Waals surface area contributed by atoms with Crippen molar-refractivity contribution in [3.05, 3.63) is 34.1 Å². The summed E-state index contributed by atoms with van der Waals surface area (Å²) in [7, 11) is 1.28. The summed E-state index contributed by atoms with van der Waals surface area (Å²) in [5.74, 6) is -1.11. The summed E-state index contributed by atoms with van der Waals surface area (Å²) < 4.78 is 18.1. The second kappa shape index (κ2) is 5.21. The summed E-state index contributed by atoms with van der Waals surface area (Å²) in [5, 5.41) is 10.7. The van der Waals surface area contributed by atoms with E-state index in [0.717, 1.165) is 12.5 Å². The number of methoxy groups -OCH3 is 1. The molecule has 0 amide bonds. The van der Waals surface area contributed by atoms with E-state index in [0.29, 0.717) is 18.7 Å². The van der Waals surface area contributed by atoms with Gasteiger partial charge in [-0.2, -0.15) is 0 Å². The maximum absolute atomic E-state index is 13.4. The highest BCUT2D eigenvalue weighted by atomic mass is 19.1. The van der Waals surface area contributed by atoms with E-state index in [2.05, 4.69) is 4.74 Å². The summed E-state index contributed by atoms with van der Waals surface area (Å²) in [6, 6.07) is 2.80. The van der Waals surface area contributed by atoms with Crippen molar-refractivity contribution in [1.29, 1.82) is 0 Å². The number of carbonyl (C=O) groups is 1. The molecule has 1 aliphatic heterocycles. The standard InChI is InChI=1S/C12H13FN2O4/c1-19-12(16)11-3-2-4-14(11)9-5-8(13)6-10(7-9)15(17)18/h5-7,11H,2-4H2,1H3. The van der Waals surface area contributed by atoms with Crippen LogP contribution in [-0.2, 0) is 9.53 Å². The van der Waals surface area contributed by atoms with E-state index in [-0.39, 0.29) is 5.69 Å². The number of hydrogen-bond acceptors (Lipinski definition) is 5. The third-order valence-electron chi connectivity index (χ3n) is 3.14. The van der Waals surface area contributed by atoms with Gasteiger partial charge >= 0.3 is 5.97 Å². The van der Waals surface area contributed by atoms with Gasteiger partial charge in [0.15, 0.2) is 0 Å². The van der Waals surface area contributed by atoms with E-state index in [1.807, 2.05) is 0 Å². The number of anilines is 1. The Labute approximate surface area is 108 Å². The predicted octanol–water partition coefficient (Wildman–Crippen LogP) is 1.88. The van der Waals surface area contributed by atoms with E-state index in [4.69, 9.17) is 0 Å². The molecular formula is C12H13FN2O4. The minimum Gasteiger partial charge on any atom is -0.467 e. The van der Waals surface area contributed by atoms with Crippen LogP contribution < -0.4 is 4.90 Å². The Kier molecular flexibility index (Phi) is 3.64. The molecule has 1 unspecified atom stereocenters. The van der Waals surface area contributed by atoms with Gasteiger partial charge in [0, 0.05) is 18.3 Å². The van der Waals surface area contributed by atoms with Gasteiger partial charge in [0.2, 0.25) is 0 Å². The molecule has 1 heterocycles. The molecule has 1 aromatic rings. The lowest BCUT2D eigenvalue weighted by Gasteiger charge is -2.24. The van der Waals surface area contributed by atoms with Gasteiger partial charge in [-0.15, -0.1) is 0 Å². The van der Waals surface area contributed by atoms with Gasteiger partial charge in [-0.05, 0) is 18.9 Å². The number of non-ortho nitro benzene ring substituents is 1. The SMILES string of the molecule is COC(=O)C1CCCN1c1cc(F)cc([N+](=O)[O-])c1. The van der Waals surface area contributed by atoms with E-state index in [1.54, 1.807) is 4.90 Å². The molecule has 6 nitrogen and oxygen atoms in total. The maximum Gasteiger partial charge on any atom is 0.328 e. The van der Waals surface area contributed by atoms with Crippen LogP contribution in [-0.4, -0.2) is 30.6 Å². The van der Waals surface area contributed by atoms with Crippen molar-refractivity contribution in [2.45, 2.75) is 18.9 Å². The van der Waals surface area contributed by atoms with Crippen LogP contribution in [0.2, 0.25) is 0 Å². The number of ether oxygens (including phenoxy) is 1. The zero-order valence-electron chi connectivity index (χ0n) is 10.3. The minimum atomic E-state index is -0.695. The van der Waals surface area contributed by atoms with E-state index >= 15 is 0 Å². The molecule has 1 aliphatic rings. The fourth-order valence-electron chi connectivity index (χ4n) is 2.29. The lowest BCUT2D eigenvalue weighted by atomic mass is 10.2. The topological polar surface area (TPSA) is 72.7 Å². The molecule has 19 heavy (non-hydrogen) atoms. The van der Waals surface area contributed by atoms with E-state index < -0.39 is 22.8 Å². The highest BCUT2D eigenvalue weighted by Crippen LogP contribution is 2.30. The third-order valence-corrected chi connectivity index (χ3v) is 3.14. The molecule has 1 saturated heterocycles. The van der Waals surface area contributed by atoms with Crippen molar-refractivity contribution < 1.29 is 18.8 Å². The second-order valence-corrected chi connectivity index (χ2v) is 4.30. The quantitative estimate of drug-likeness (QED) is 0.475. The molecule has 0 saturated carbocycles.